The Morgan fingerprint density at radius 1 is 1.39 bits per heavy atom. The summed E-state index contributed by atoms with van der Waals surface area (Å²) in [7, 11) is 2.00. The number of carbonyl (C=O) groups excluding carboxylic acids is 1. The zero-order valence-corrected chi connectivity index (χ0v) is 11.1. The Bertz CT molecular complexity index is 398. The van der Waals surface area contributed by atoms with Crippen LogP contribution < -0.4 is 10.6 Å². The van der Waals surface area contributed by atoms with Gasteiger partial charge in [-0.2, -0.15) is 0 Å². The Hall–Kier alpha value is -1.39. The van der Waals surface area contributed by atoms with E-state index in [1.807, 2.05) is 7.05 Å². The van der Waals surface area contributed by atoms with Gasteiger partial charge in [0.25, 0.3) is 0 Å². The van der Waals surface area contributed by atoms with Gasteiger partial charge in [-0.05, 0) is 19.5 Å². The summed E-state index contributed by atoms with van der Waals surface area (Å²) < 4.78 is 0. The van der Waals surface area contributed by atoms with Crippen molar-refractivity contribution in [3.05, 3.63) is 35.4 Å². The summed E-state index contributed by atoms with van der Waals surface area (Å²) in [6, 6.07) is 8.74. The number of benzene rings is 1. The van der Waals surface area contributed by atoms with Crippen LogP contribution in [0.2, 0.25) is 0 Å². The smallest absolute Gasteiger partial charge is 0.234 e. The van der Waals surface area contributed by atoms with E-state index in [1.54, 1.807) is 0 Å². The average molecular weight is 247 g/mol. The maximum absolute atomic E-state index is 11.8. The first-order valence-electron chi connectivity index (χ1n) is 6.38. The van der Waals surface area contributed by atoms with Gasteiger partial charge in [-0.1, -0.05) is 29.8 Å². The van der Waals surface area contributed by atoms with Crippen molar-refractivity contribution in [1.29, 1.82) is 0 Å². The van der Waals surface area contributed by atoms with E-state index in [4.69, 9.17) is 0 Å². The SMILES string of the molecule is Cc1ccc(CNC(=O)CN(C)C2CNC2)cc1. The third-order valence-electron chi connectivity index (χ3n) is 3.39. The maximum Gasteiger partial charge on any atom is 0.234 e. The fourth-order valence-corrected chi connectivity index (χ4v) is 1.90. The van der Waals surface area contributed by atoms with Gasteiger partial charge in [0.2, 0.25) is 5.91 Å². The molecule has 0 unspecified atom stereocenters. The predicted molar refractivity (Wildman–Crippen MR) is 72.3 cm³/mol. The first-order valence-corrected chi connectivity index (χ1v) is 6.38. The molecule has 1 aromatic carbocycles. The molecule has 0 radical (unpaired) electrons. The Labute approximate surface area is 108 Å². The Morgan fingerprint density at radius 3 is 2.61 bits per heavy atom. The van der Waals surface area contributed by atoms with Crippen molar-refractivity contribution in [2.24, 2.45) is 0 Å². The molecule has 2 rings (SSSR count). The molecule has 4 nitrogen and oxygen atoms in total. The molecule has 0 aliphatic carbocycles. The van der Waals surface area contributed by atoms with E-state index in [0.717, 1.165) is 18.7 Å². The molecule has 0 bridgehead atoms. The van der Waals surface area contributed by atoms with Crippen molar-refractivity contribution in [3.63, 3.8) is 0 Å². The van der Waals surface area contributed by atoms with Gasteiger partial charge in [0.05, 0.1) is 6.54 Å². The van der Waals surface area contributed by atoms with E-state index in [2.05, 4.69) is 46.7 Å². The lowest BCUT2D eigenvalue weighted by Gasteiger charge is -2.35. The topological polar surface area (TPSA) is 44.4 Å². The summed E-state index contributed by atoms with van der Waals surface area (Å²) in [6.45, 7) is 5.11. The van der Waals surface area contributed by atoms with Crippen molar-refractivity contribution in [2.45, 2.75) is 19.5 Å². The first kappa shape index (κ1) is 13.1. The van der Waals surface area contributed by atoms with E-state index in [-0.39, 0.29) is 5.91 Å². The quantitative estimate of drug-likeness (QED) is 0.797. The fraction of sp³-hybridized carbons (Fsp3) is 0.500. The van der Waals surface area contributed by atoms with Crippen LogP contribution in [0.1, 0.15) is 11.1 Å². The molecule has 1 fully saturated rings. The molecule has 98 valence electrons. The first-order chi connectivity index (χ1) is 8.65. The number of amides is 1. The molecule has 1 saturated heterocycles. The van der Waals surface area contributed by atoms with Crippen LogP contribution in [0.3, 0.4) is 0 Å². The number of carbonyl (C=O) groups is 1. The number of hydrogen-bond donors (Lipinski definition) is 2. The normalized spacial score (nSPS) is 15.5. The van der Waals surface area contributed by atoms with Crippen LogP contribution in [0.4, 0.5) is 0 Å². The van der Waals surface area contributed by atoms with E-state index in [1.165, 1.54) is 5.56 Å². The van der Waals surface area contributed by atoms with Crippen LogP contribution in [0.5, 0.6) is 0 Å². The Kier molecular flexibility index (Phi) is 4.33. The Morgan fingerprint density at radius 2 is 2.06 bits per heavy atom. The lowest BCUT2D eigenvalue weighted by atomic mass is 10.1. The lowest BCUT2D eigenvalue weighted by molar-refractivity contribution is -0.122. The highest BCUT2D eigenvalue weighted by atomic mass is 16.2. The summed E-state index contributed by atoms with van der Waals surface area (Å²) >= 11 is 0. The molecular formula is C14H21N3O. The van der Waals surface area contributed by atoms with Crippen LogP contribution in [0.15, 0.2) is 24.3 Å². The van der Waals surface area contributed by atoms with Crippen molar-refractivity contribution in [3.8, 4) is 0 Å². The van der Waals surface area contributed by atoms with Gasteiger partial charge in [0, 0.05) is 25.7 Å². The highest BCUT2D eigenvalue weighted by Crippen LogP contribution is 2.03. The summed E-state index contributed by atoms with van der Waals surface area (Å²) in [5.41, 5.74) is 2.38. The van der Waals surface area contributed by atoms with Gasteiger partial charge in [-0.3, -0.25) is 9.69 Å². The number of nitrogens with one attached hydrogen (secondary N) is 2. The molecule has 0 aromatic heterocycles. The van der Waals surface area contributed by atoms with E-state index in [0.29, 0.717) is 19.1 Å². The maximum atomic E-state index is 11.8. The van der Waals surface area contributed by atoms with Crippen LogP contribution in [-0.4, -0.2) is 43.5 Å². The van der Waals surface area contributed by atoms with Crippen molar-refractivity contribution >= 4 is 5.91 Å². The zero-order valence-electron chi connectivity index (χ0n) is 11.1. The summed E-state index contributed by atoms with van der Waals surface area (Å²) in [4.78, 5) is 13.9. The number of nitrogens with zero attached hydrogens (tertiary/aromatic N) is 1. The second-order valence-electron chi connectivity index (χ2n) is 4.99. The Balaban J connectivity index is 1.72. The molecule has 1 aromatic rings. The molecule has 1 heterocycles. The monoisotopic (exact) mass is 247 g/mol. The van der Waals surface area contributed by atoms with Gasteiger partial charge < -0.3 is 10.6 Å². The van der Waals surface area contributed by atoms with Crippen LogP contribution in [0, 0.1) is 6.92 Å². The highest BCUT2D eigenvalue weighted by Gasteiger charge is 2.22. The largest absolute Gasteiger partial charge is 0.351 e. The third kappa shape index (κ3) is 3.55. The number of rotatable bonds is 5. The van der Waals surface area contributed by atoms with Crippen LogP contribution in [-0.2, 0) is 11.3 Å². The third-order valence-corrected chi connectivity index (χ3v) is 3.39. The van der Waals surface area contributed by atoms with Crippen LogP contribution in [0.25, 0.3) is 0 Å². The minimum atomic E-state index is 0.0879. The van der Waals surface area contributed by atoms with E-state index >= 15 is 0 Å². The molecule has 1 amide bonds. The summed E-state index contributed by atoms with van der Waals surface area (Å²) in [5.74, 6) is 0.0879. The number of likely N-dealkylation sites (N-methyl/N-ethyl adjacent to an activating group) is 1. The van der Waals surface area contributed by atoms with E-state index < -0.39 is 0 Å². The fourth-order valence-electron chi connectivity index (χ4n) is 1.90. The van der Waals surface area contributed by atoms with Crippen molar-refractivity contribution < 1.29 is 4.79 Å². The lowest BCUT2D eigenvalue weighted by Crippen LogP contribution is -2.57. The minimum Gasteiger partial charge on any atom is -0.351 e. The summed E-state index contributed by atoms with van der Waals surface area (Å²) in [5, 5.41) is 6.16. The minimum absolute atomic E-state index is 0.0879. The second kappa shape index (κ2) is 5.98. The molecule has 18 heavy (non-hydrogen) atoms. The van der Waals surface area contributed by atoms with Gasteiger partial charge in [0.1, 0.15) is 0 Å². The second-order valence-corrected chi connectivity index (χ2v) is 4.99. The van der Waals surface area contributed by atoms with Crippen molar-refractivity contribution in [2.75, 3.05) is 26.7 Å². The van der Waals surface area contributed by atoms with Crippen LogP contribution >= 0.6 is 0 Å². The molecule has 0 atom stereocenters. The molecule has 0 spiro atoms. The predicted octanol–water partition coefficient (Wildman–Crippen LogP) is 0.515. The molecule has 1 aliphatic rings. The number of hydrogen-bond acceptors (Lipinski definition) is 3. The standard InChI is InChI=1S/C14H21N3O/c1-11-3-5-12(6-4-11)7-16-14(18)10-17(2)13-8-15-9-13/h3-6,13,15H,7-10H2,1-2H3,(H,16,18). The van der Waals surface area contributed by atoms with Gasteiger partial charge in [-0.15, -0.1) is 0 Å². The molecular weight excluding hydrogens is 226 g/mol. The summed E-state index contributed by atoms with van der Waals surface area (Å²) in [6.07, 6.45) is 0. The average Bonchev–Trinajstić information content (AvgIpc) is 2.25. The molecule has 2 N–H and O–H groups in total. The number of aryl methyl sites for hydroxylation is 1. The highest BCUT2D eigenvalue weighted by molar-refractivity contribution is 5.78. The van der Waals surface area contributed by atoms with Crippen molar-refractivity contribution in [1.82, 2.24) is 15.5 Å². The molecule has 1 aliphatic heterocycles. The van der Waals surface area contributed by atoms with Gasteiger partial charge in [-0.25, -0.2) is 0 Å². The molecule has 0 saturated carbocycles. The zero-order chi connectivity index (χ0) is 13.0. The van der Waals surface area contributed by atoms with Gasteiger partial charge >= 0.3 is 0 Å². The van der Waals surface area contributed by atoms with Gasteiger partial charge in [0.15, 0.2) is 0 Å². The molecule has 4 heteroatoms. The van der Waals surface area contributed by atoms with E-state index in [9.17, 15) is 4.79 Å².